The second kappa shape index (κ2) is 8.60. The molecular weight excluding hydrogens is 402 g/mol. The SMILES string of the molecule is Cc1cc(C)c(CC(=O)N(Cc2cccnc2)c2nc3c(C)c(C)ccc3s2)c(C)c1. The van der Waals surface area contributed by atoms with Gasteiger partial charge in [-0.2, -0.15) is 0 Å². The molecule has 2 aromatic heterocycles. The zero-order valence-electron chi connectivity index (χ0n) is 18.7. The number of hydrogen-bond donors (Lipinski definition) is 0. The second-order valence-electron chi connectivity index (χ2n) is 8.25. The van der Waals surface area contributed by atoms with Crippen molar-refractivity contribution in [3.63, 3.8) is 0 Å². The normalized spacial score (nSPS) is 11.1. The van der Waals surface area contributed by atoms with Crippen molar-refractivity contribution in [2.24, 2.45) is 0 Å². The van der Waals surface area contributed by atoms with E-state index in [1.54, 1.807) is 17.5 Å². The quantitative estimate of drug-likeness (QED) is 0.390. The Morgan fingerprint density at radius 3 is 2.42 bits per heavy atom. The smallest absolute Gasteiger partial charge is 0.233 e. The number of pyridine rings is 1. The summed E-state index contributed by atoms with van der Waals surface area (Å²) in [5, 5.41) is 0.736. The lowest BCUT2D eigenvalue weighted by atomic mass is 9.97. The number of rotatable bonds is 5. The Kier molecular flexibility index (Phi) is 5.88. The van der Waals surface area contributed by atoms with Crippen LogP contribution in [0.25, 0.3) is 10.2 Å². The summed E-state index contributed by atoms with van der Waals surface area (Å²) in [7, 11) is 0. The molecule has 0 bridgehead atoms. The number of anilines is 1. The Labute approximate surface area is 187 Å². The molecule has 5 heteroatoms. The summed E-state index contributed by atoms with van der Waals surface area (Å²) < 4.78 is 1.10. The lowest BCUT2D eigenvalue weighted by Gasteiger charge is -2.21. The predicted molar refractivity (Wildman–Crippen MR) is 129 cm³/mol. The molecule has 158 valence electrons. The molecule has 0 fully saturated rings. The van der Waals surface area contributed by atoms with Crippen LogP contribution >= 0.6 is 11.3 Å². The van der Waals surface area contributed by atoms with Crippen LogP contribution in [0.5, 0.6) is 0 Å². The van der Waals surface area contributed by atoms with Gasteiger partial charge in [0.1, 0.15) is 0 Å². The maximum atomic E-state index is 13.6. The molecule has 0 saturated heterocycles. The first-order valence-corrected chi connectivity index (χ1v) is 11.3. The highest BCUT2D eigenvalue weighted by atomic mass is 32.1. The largest absolute Gasteiger partial charge is 0.283 e. The number of amides is 1. The summed E-state index contributed by atoms with van der Waals surface area (Å²) in [6.07, 6.45) is 3.91. The fourth-order valence-corrected chi connectivity index (χ4v) is 5.04. The minimum absolute atomic E-state index is 0.0485. The zero-order valence-corrected chi connectivity index (χ0v) is 19.5. The van der Waals surface area contributed by atoms with Gasteiger partial charge < -0.3 is 0 Å². The lowest BCUT2D eigenvalue weighted by molar-refractivity contribution is -0.118. The Balaban J connectivity index is 1.74. The molecule has 0 unspecified atom stereocenters. The minimum Gasteiger partial charge on any atom is -0.283 e. The van der Waals surface area contributed by atoms with Crippen LogP contribution < -0.4 is 4.90 Å². The monoisotopic (exact) mass is 429 g/mol. The van der Waals surface area contributed by atoms with E-state index in [9.17, 15) is 4.79 Å². The van der Waals surface area contributed by atoms with E-state index in [0.29, 0.717) is 13.0 Å². The van der Waals surface area contributed by atoms with Gasteiger partial charge in [0.25, 0.3) is 0 Å². The third-order valence-corrected chi connectivity index (χ3v) is 6.88. The van der Waals surface area contributed by atoms with Gasteiger partial charge in [-0.25, -0.2) is 4.98 Å². The van der Waals surface area contributed by atoms with Crippen LogP contribution in [0.15, 0.2) is 48.8 Å². The number of carbonyl (C=O) groups is 1. The van der Waals surface area contributed by atoms with Gasteiger partial charge >= 0.3 is 0 Å². The molecule has 0 N–H and O–H groups in total. The molecule has 0 saturated carbocycles. The number of nitrogens with zero attached hydrogens (tertiary/aromatic N) is 3. The molecule has 0 aliphatic heterocycles. The number of hydrogen-bond acceptors (Lipinski definition) is 4. The molecule has 4 aromatic rings. The summed E-state index contributed by atoms with van der Waals surface area (Å²) in [6.45, 7) is 10.9. The first kappa shape index (κ1) is 21.2. The highest BCUT2D eigenvalue weighted by Gasteiger charge is 2.22. The van der Waals surface area contributed by atoms with Gasteiger partial charge in [0.15, 0.2) is 5.13 Å². The molecule has 4 rings (SSSR count). The maximum absolute atomic E-state index is 13.6. The van der Waals surface area contributed by atoms with Crippen molar-refractivity contribution < 1.29 is 4.79 Å². The molecule has 0 aliphatic carbocycles. The Hall–Kier alpha value is -3.05. The van der Waals surface area contributed by atoms with Crippen LogP contribution in [0.4, 0.5) is 5.13 Å². The van der Waals surface area contributed by atoms with Crippen LogP contribution in [-0.4, -0.2) is 15.9 Å². The molecule has 2 heterocycles. The molecular formula is C26H27N3OS. The van der Waals surface area contributed by atoms with Gasteiger partial charge in [0.2, 0.25) is 5.91 Å². The topological polar surface area (TPSA) is 46.1 Å². The number of benzene rings is 2. The van der Waals surface area contributed by atoms with Gasteiger partial charge in [-0.1, -0.05) is 41.2 Å². The summed E-state index contributed by atoms with van der Waals surface area (Å²) in [6, 6.07) is 12.4. The van der Waals surface area contributed by atoms with Crippen molar-refractivity contribution in [2.45, 2.75) is 47.6 Å². The van der Waals surface area contributed by atoms with Crippen LogP contribution in [-0.2, 0) is 17.8 Å². The highest BCUT2D eigenvalue weighted by Crippen LogP contribution is 2.33. The van der Waals surface area contributed by atoms with Gasteiger partial charge in [-0.15, -0.1) is 0 Å². The number of carbonyl (C=O) groups excluding carboxylic acids is 1. The van der Waals surface area contributed by atoms with Crippen molar-refractivity contribution in [2.75, 3.05) is 4.90 Å². The first-order valence-electron chi connectivity index (χ1n) is 10.5. The van der Waals surface area contributed by atoms with E-state index in [0.717, 1.165) is 37.6 Å². The fourth-order valence-electron chi connectivity index (χ4n) is 4.00. The maximum Gasteiger partial charge on any atom is 0.233 e. The van der Waals surface area contributed by atoms with Crippen molar-refractivity contribution in [3.05, 3.63) is 87.7 Å². The summed E-state index contributed by atoms with van der Waals surface area (Å²) in [5.74, 6) is 0.0485. The van der Waals surface area contributed by atoms with E-state index in [1.165, 1.54) is 16.7 Å². The van der Waals surface area contributed by atoms with Gasteiger partial charge in [0, 0.05) is 12.4 Å². The summed E-state index contributed by atoms with van der Waals surface area (Å²) in [4.78, 5) is 24.5. The van der Waals surface area contributed by atoms with E-state index in [1.807, 2.05) is 23.2 Å². The number of aryl methyl sites for hydroxylation is 5. The van der Waals surface area contributed by atoms with Crippen molar-refractivity contribution in [1.82, 2.24) is 9.97 Å². The molecule has 31 heavy (non-hydrogen) atoms. The van der Waals surface area contributed by atoms with E-state index in [4.69, 9.17) is 4.98 Å². The standard InChI is InChI=1S/C26H27N3OS/c1-16-11-18(3)22(19(4)12-16)13-24(30)29(15-21-7-6-10-27-14-21)26-28-25-20(5)17(2)8-9-23(25)31-26/h6-12,14H,13,15H2,1-5H3. The Bertz CT molecular complexity index is 1240. The third kappa shape index (κ3) is 4.37. The first-order chi connectivity index (χ1) is 14.8. The average molecular weight is 430 g/mol. The van der Waals surface area contributed by atoms with Crippen molar-refractivity contribution in [1.29, 1.82) is 0 Å². The molecule has 0 spiro atoms. The van der Waals surface area contributed by atoms with Crippen molar-refractivity contribution >= 4 is 32.6 Å². The zero-order chi connectivity index (χ0) is 22.1. The fraction of sp³-hybridized carbons (Fsp3) is 0.269. The lowest BCUT2D eigenvalue weighted by Crippen LogP contribution is -2.32. The van der Waals surface area contributed by atoms with E-state index in [-0.39, 0.29) is 5.91 Å². The highest BCUT2D eigenvalue weighted by molar-refractivity contribution is 7.22. The average Bonchev–Trinajstić information content (AvgIpc) is 3.17. The van der Waals surface area contributed by atoms with Crippen LogP contribution in [0.2, 0.25) is 0 Å². The molecule has 4 nitrogen and oxygen atoms in total. The second-order valence-corrected chi connectivity index (χ2v) is 9.25. The van der Waals surface area contributed by atoms with Gasteiger partial charge in [0.05, 0.1) is 23.2 Å². The van der Waals surface area contributed by atoms with Crippen LogP contribution in [0, 0.1) is 34.6 Å². The van der Waals surface area contributed by atoms with Gasteiger partial charge in [-0.05, 0) is 80.1 Å². The number of aromatic nitrogens is 2. The molecule has 0 atom stereocenters. The van der Waals surface area contributed by atoms with Crippen molar-refractivity contribution in [3.8, 4) is 0 Å². The number of thiazole rings is 1. The predicted octanol–water partition coefficient (Wildman–Crippen LogP) is 6.01. The van der Waals surface area contributed by atoms with Crippen LogP contribution in [0.1, 0.15) is 38.9 Å². The van der Waals surface area contributed by atoms with Crippen LogP contribution in [0.3, 0.4) is 0 Å². The van der Waals surface area contributed by atoms with E-state index in [2.05, 4.69) is 63.9 Å². The Morgan fingerprint density at radius 1 is 1.00 bits per heavy atom. The third-order valence-electron chi connectivity index (χ3n) is 5.84. The van der Waals surface area contributed by atoms with Gasteiger partial charge in [-0.3, -0.25) is 14.7 Å². The molecule has 0 radical (unpaired) electrons. The van der Waals surface area contributed by atoms with E-state index >= 15 is 0 Å². The molecule has 2 aromatic carbocycles. The molecule has 0 aliphatic rings. The van der Waals surface area contributed by atoms with E-state index < -0.39 is 0 Å². The summed E-state index contributed by atoms with van der Waals surface area (Å²) >= 11 is 1.57. The molecule has 1 amide bonds. The minimum atomic E-state index is 0.0485. The Morgan fingerprint density at radius 2 is 1.74 bits per heavy atom. The number of fused-ring (bicyclic) bond motifs is 1. The summed E-state index contributed by atoms with van der Waals surface area (Å²) in [5.41, 5.74) is 8.97.